The summed E-state index contributed by atoms with van der Waals surface area (Å²) in [6.45, 7) is 2.68. The molecule has 0 radical (unpaired) electrons. The number of ether oxygens (including phenoxy) is 1. The maximum absolute atomic E-state index is 12.7. The Balaban J connectivity index is 2.21. The number of hydrogen-bond donors (Lipinski definition) is 0. The maximum atomic E-state index is 12.7. The molecule has 8 heteroatoms. The highest BCUT2D eigenvalue weighted by Crippen LogP contribution is 2.34. The van der Waals surface area contributed by atoms with E-state index < -0.39 is 17.3 Å². The van der Waals surface area contributed by atoms with E-state index in [2.05, 4.69) is 4.98 Å². The molecular formula is C12H10F3NO3S. The lowest BCUT2D eigenvalue weighted by Gasteiger charge is -2.07. The van der Waals surface area contributed by atoms with Gasteiger partial charge in [0.1, 0.15) is 18.6 Å². The maximum Gasteiger partial charge on any atom is 0.434 e. The van der Waals surface area contributed by atoms with E-state index in [4.69, 9.17) is 9.15 Å². The number of aryl methyl sites for hydroxylation is 2. The van der Waals surface area contributed by atoms with Gasteiger partial charge in [-0.1, -0.05) is 0 Å². The summed E-state index contributed by atoms with van der Waals surface area (Å²) in [7, 11) is 0. The summed E-state index contributed by atoms with van der Waals surface area (Å²) in [6, 6.07) is 1.21. The molecule has 2 aromatic rings. The molecule has 0 bridgehead atoms. The number of hydrogen-bond acceptors (Lipinski definition) is 5. The van der Waals surface area contributed by atoms with Crippen molar-refractivity contribution in [3.63, 3.8) is 0 Å². The number of halogens is 3. The molecule has 0 fully saturated rings. The molecule has 0 aromatic carbocycles. The standard InChI is InChI=1S/C12H10F3NO3S/c1-6-3-8(17)9(4-18-6)19-5-10-11(12(13,14)15)16-7(2)20-10/h3-4H,5H2,1-2H3. The largest absolute Gasteiger partial charge is 0.481 e. The first-order valence-electron chi connectivity index (χ1n) is 5.53. The van der Waals surface area contributed by atoms with Crippen molar-refractivity contribution in [3.05, 3.63) is 43.9 Å². The topological polar surface area (TPSA) is 52.3 Å². The summed E-state index contributed by atoms with van der Waals surface area (Å²) in [6.07, 6.45) is -3.46. The van der Waals surface area contributed by atoms with Crippen molar-refractivity contribution in [2.45, 2.75) is 26.6 Å². The smallest absolute Gasteiger partial charge is 0.434 e. The average Bonchev–Trinajstić information content (AvgIpc) is 2.69. The van der Waals surface area contributed by atoms with Gasteiger partial charge in [-0.2, -0.15) is 13.2 Å². The molecule has 4 nitrogen and oxygen atoms in total. The third-order valence-corrected chi connectivity index (χ3v) is 3.30. The third kappa shape index (κ3) is 3.19. The summed E-state index contributed by atoms with van der Waals surface area (Å²) in [5.74, 6) is 0.266. The molecule has 0 unspecified atom stereocenters. The van der Waals surface area contributed by atoms with Crippen LogP contribution in [0.5, 0.6) is 5.75 Å². The fourth-order valence-electron chi connectivity index (χ4n) is 1.53. The van der Waals surface area contributed by atoms with Crippen molar-refractivity contribution >= 4 is 11.3 Å². The first kappa shape index (κ1) is 14.6. The lowest BCUT2D eigenvalue weighted by Crippen LogP contribution is -2.12. The van der Waals surface area contributed by atoms with Crippen LogP contribution in [-0.2, 0) is 12.8 Å². The minimum Gasteiger partial charge on any atom is -0.481 e. The zero-order valence-electron chi connectivity index (χ0n) is 10.6. The highest BCUT2D eigenvalue weighted by Gasteiger charge is 2.37. The highest BCUT2D eigenvalue weighted by atomic mass is 32.1. The van der Waals surface area contributed by atoms with Crippen LogP contribution in [0.25, 0.3) is 0 Å². The fraction of sp³-hybridized carbons (Fsp3) is 0.333. The molecule has 0 aliphatic carbocycles. The Labute approximate surface area is 115 Å². The van der Waals surface area contributed by atoms with E-state index in [9.17, 15) is 18.0 Å². The summed E-state index contributed by atoms with van der Waals surface area (Å²) in [5.41, 5.74) is -1.42. The normalized spacial score (nSPS) is 11.7. The van der Waals surface area contributed by atoms with Crippen molar-refractivity contribution < 1.29 is 22.3 Å². The van der Waals surface area contributed by atoms with E-state index in [1.165, 1.54) is 13.0 Å². The summed E-state index contributed by atoms with van der Waals surface area (Å²) < 4.78 is 48.2. The number of alkyl halides is 3. The van der Waals surface area contributed by atoms with E-state index in [0.717, 1.165) is 17.6 Å². The molecule has 2 rings (SSSR count). The Morgan fingerprint density at radius 1 is 1.40 bits per heavy atom. The van der Waals surface area contributed by atoms with Crippen molar-refractivity contribution in [3.8, 4) is 5.75 Å². The van der Waals surface area contributed by atoms with Gasteiger partial charge in [-0.15, -0.1) is 11.3 Å². The Bertz CT molecular complexity index is 675. The van der Waals surface area contributed by atoms with Crippen molar-refractivity contribution in [1.29, 1.82) is 0 Å². The molecule has 0 aliphatic heterocycles. The van der Waals surface area contributed by atoms with Crippen LogP contribution in [0.4, 0.5) is 13.2 Å². The Morgan fingerprint density at radius 2 is 2.10 bits per heavy atom. The minimum atomic E-state index is -4.54. The highest BCUT2D eigenvalue weighted by molar-refractivity contribution is 7.11. The minimum absolute atomic E-state index is 0.0741. The molecular weight excluding hydrogens is 295 g/mol. The van der Waals surface area contributed by atoms with Gasteiger partial charge in [0.05, 0.1) is 9.88 Å². The predicted molar refractivity (Wildman–Crippen MR) is 65.9 cm³/mol. The molecule has 0 aliphatic rings. The average molecular weight is 305 g/mol. The van der Waals surface area contributed by atoms with Gasteiger partial charge < -0.3 is 9.15 Å². The lowest BCUT2D eigenvalue weighted by molar-refractivity contribution is -0.141. The van der Waals surface area contributed by atoms with Crippen molar-refractivity contribution in [2.24, 2.45) is 0 Å². The molecule has 0 N–H and O–H groups in total. The second kappa shape index (κ2) is 5.28. The zero-order valence-corrected chi connectivity index (χ0v) is 11.4. The lowest BCUT2D eigenvalue weighted by atomic mass is 10.3. The van der Waals surface area contributed by atoms with Gasteiger partial charge in [0.15, 0.2) is 5.69 Å². The molecule has 2 heterocycles. The number of thiazole rings is 1. The van der Waals surface area contributed by atoms with Gasteiger partial charge >= 0.3 is 6.18 Å². The van der Waals surface area contributed by atoms with Crippen molar-refractivity contribution in [1.82, 2.24) is 4.98 Å². The second-order valence-corrected chi connectivity index (χ2v) is 5.30. The van der Waals surface area contributed by atoms with Crippen LogP contribution < -0.4 is 10.2 Å². The SMILES string of the molecule is Cc1cc(=O)c(OCc2sc(C)nc2C(F)(F)F)co1. The third-order valence-electron chi connectivity index (χ3n) is 2.36. The van der Waals surface area contributed by atoms with Crippen LogP contribution in [0.2, 0.25) is 0 Å². The first-order chi connectivity index (χ1) is 9.27. The summed E-state index contributed by atoms with van der Waals surface area (Å²) >= 11 is 0.881. The molecule has 108 valence electrons. The molecule has 2 aromatic heterocycles. The Hall–Kier alpha value is -1.83. The van der Waals surface area contributed by atoms with Crippen LogP contribution >= 0.6 is 11.3 Å². The Kier molecular flexibility index (Phi) is 3.85. The quantitative estimate of drug-likeness (QED) is 0.873. The van der Waals surface area contributed by atoms with Crippen LogP contribution in [0.1, 0.15) is 21.3 Å². The van der Waals surface area contributed by atoms with Gasteiger partial charge in [-0.25, -0.2) is 4.98 Å². The number of nitrogens with zero attached hydrogens (tertiary/aromatic N) is 1. The van der Waals surface area contributed by atoms with Gasteiger partial charge in [-0.3, -0.25) is 4.79 Å². The summed E-state index contributed by atoms with van der Waals surface area (Å²) in [4.78, 5) is 14.9. The molecule has 20 heavy (non-hydrogen) atoms. The van der Waals surface area contributed by atoms with E-state index in [1.54, 1.807) is 6.92 Å². The second-order valence-electron chi connectivity index (χ2n) is 4.01. The zero-order chi connectivity index (χ0) is 14.9. The van der Waals surface area contributed by atoms with Gasteiger partial charge in [0, 0.05) is 6.07 Å². The molecule has 0 saturated carbocycles. The van der Waals surface area contributed by atoms with E-state index >= 15 is 0 Å². The van der Waals surface area contributed by atoms with Gasteiger partial charge in [0.2, 0.25) is 11.2 Å². The van der Waals surface area contributed by atoms with E-state index in [-0.39, 0.29) is 22.2 Å². The van der Waals surface area contributed by atoms with Crippen LogP contribution in [-0.4, -0.2) is 4.98 Å². The predicted octanol–water partition coefficient (Wildman–Crippen LogP) is 3.31. The molecule has 0 amide bonds. The fourth-order valence-corrected chi connectivity index (χ4v) is 2.40. The van der Waals surface area contributed by atoms with Gasteiger partial charge in [0.25, 0.3) is 0 Å². The monoisotopic (exact) mass is 305 g/mol. The van der Waals surface area contributed by atoms with Crippen LogP contribution in [0.15, 0.2) is 21.5 Å². The first-order valence-corrected chi connectivity index (χ1v) is 6.35. The van der Waals surface area contributed by atoms with E-state index in [0.29, 0.717) is 5.76 Å². The van der Waals surface area contributed by atoms with E-state index in [1.807, 2.05) is 0 Å². The molecule has 0 atom stereocenters. The van der Waals surface area contributed by atoms with Gasteiger partial charge in [-0.05, 0) is 13.8 Å². The molecule has 0 saturated heterocycles. The summed E-state index contributed by atoms with van der Waals surface area (Å²) in [5, 5.41) is 0.284. The van der Waals surface area contributed by atoms with Crippen LogP contribution in [0.3, 0.4) is 0 Å². The number of rotatable bonds is 3. The van der Waals surface area contributed by atoms with Crippen LogP contribution in [0, 0.1) is 13.8 Å². The van der Waals surface area contributed by atoms with Crippen molar-refractivity contribution in [2.75, 3.05) is 0 Å². The number of aromatic nitrogens is 1. The molecule has 0 spiro atoms. The Morgan fingerprint density at radius 3 is 2.70 bits per heavy atom.